The molecule has 4 heterocycles. The molecule has 2 atom stereocenters. The van der Waals surface area contributed by atoms with Crippen LogP contribution in [-0.4, -0.2) is 56.9 Å². The third-order valence-electron chi connectivity index (χ3n) is 9.04. The maximum absolute atomic E-state index is 13.6. The first-order valence-corrected chi connectivity index (χ1v) is 17.7. The van der Waals surface area contributed by atoms with Crippen molar-refractivity contribution in [3.63, 3.8) is 0 Å². The summed E-state index contributed by atoms with van der Waals surface area (Å²) in [6, 6.07) is 14.9. The van der Waals surface area contributed by atoms with E-state index in [9.17, 15) is 27.1 Å². The Morgan fingerprint density at radius 1 is 1.10 bits per heavy atom. The smallest absolute Gasteiger partial charge is 0.433 e. The lowest BCUT2D eigenvalue weighted by molar-refractivity contribution is -0.141. The van der Waals surface area contributed by atoms with Gasteiger partial charge in [-0.05, 0) is 85.3 Å². The number of hydrogen-bond acceptors (Lipinski definition) is 9. The van der Waals surface area contributed by atoms with E-state index in [0.717, 1.165) is 45.6 Å². The van der Waals surface area contributed by atoms with E-state index in [1.54, 1.807) is 27.3 Å². The summed E-state index contributed by atoms with van der Waals surface area (Å²) in [5.41, 5.74) is 4.82. The molecular formula is C35H38F3N7O4S. The van der Waals surface area contributed by atoms with Crippen molar-refractivity contribution in [2.24, 2.45) is 0 Å². The summed E-state index contributed by atoms with van der Waals surface area (Å²) in [6.45, 7) is 8.84. The summed E-state index contributed by atoms with van der Waals surface area (Å²) in [5.74, 6) is -0.731. The summed E-state index contributed by atoms with van der Waals surface area (Å²) < 4.78 is 71.9. The van der Waals surface area contributed by atoms with Crippen LogP contribution >= 0.6 is 10.8 Å². The molecule has 2 aromatic carbocycles. The average Bonchev–Trinajstić information content (AvgIpc) is 3.47. The number of nitrogens with zero attached hydrogens (tertiary/aromatic N) is 6. The van der Waals surface area contributed by atoms with Crippen LogP contribution in [0.25, 0.3) is 11.0 Å². The summed E-state index contributed by atoms with van der Waals surface area (Å²) >= 11 is 0. The van der Waals surface area contributed by atoms with Gasteiger partial charge in [0, 0.05) is 31.6 Å². The number of ether oxygens (including phenoxy) is 1. The minimum absolute atomic E-state index is 0.0541. The van der Waals surface area contributed by atoms with Gasteiger partial charge in [-0.15, -0.1) is 15.9 Å². The summed E-state index contributed by atoms with van der Waals surface area (Å²) in [7, 11) is -3.47. The standard InChI is InChI=1S/C35H38F3N7O4S/c1-5-26-20-44(50(47,48)30-8-7-15-39-34(30)49-26)19-24-16-23(10-9-21(24)3)28(27-12-13-29-33(22(27)4)42-43-45(29)6-2)17-32(46)41-25-11-14-31(40-18-25)35(36,37)38/h7-16,18,26,28,47-48H,5-6,17,19-20H2,1-4H3,(H,41,46). The van der Waals surface area contributed by atoms with Crippen LogP contribution in [-0.2, 0) is 24.1 Å². The monoisotopic (exact) mass is 709 g/mol. The lowest BCUT2D eigenvalue weighted by atomic mass is 9.84. The van der Waals surface area contributed by atoms with Crippen molar-refractivity contribution in [3.8, 4) is 5.88 Å². The summed E-state index contributed by atoms with van der Waals surface area (Å²) in [6.07, 6.45) is -1.82. The number of pyridine rings is 2. The SMILES string of the molecule is CCC1CN(Cc2cc(C(CC(=O)Nc3ccc(C(F)(F)F)nc3)c3ccc4c(nnn4CC)c3C)ccc2C)S(O)(O)c2cccnc2O1. The highest BCUT2D eigenvalue weighted by molar-refractivity contribution is 8.22. The molecule has 15 heteroatoms. The van der Waals surface area contributed by atoms with E-state index in [4.69, 9.17) is 4.74 Å². The number of aromatic nitrogens is 5. The molecule has 6 rings (SSSR count). The zero-order chi connectivity index (χ0) is 35.8. The number of hydrogen-bond donors (Lipinski definition) is 3. The van der Waals surface area contributed by atoms with E-state index >= 15 is 0 Å². The number of benzene rings is 2. The predicted octanol–water partition coefficient (Wildman–Crippen LogP) is 7.74. The number of carbonyl (C=O) groups is 1. The maximum Gasteiger partial charge on any atom is 0.433 e. The molecule has 3 aromatic heterocycles. The highest BCUT2D eigenvalue weighted by atomic mass is 32.3. The minimum atomic E-state index is -4.60. The molecule has 0 fully saturated rings. The highest BCUT2D eigenvalue weighted by Crippen LogP contribution is 2.57. The molecule has 11 nitrogen and oxygen atoms in total. The van der Waals surface area contributed by atoms with Gasteiger partial charge in [0.2, 0.25) is 11.8 Å². The Morgan fingerprint density at radius 3 is 2.60 bits per heavy atom. The van der Waals surface area contributed by atoms with Crippen LogP contribution in [0.4, 0.5) is 18.9 Å². The fourth-order valence-corrected chi connectivity index (χ4v) is 7.78. The highest BCUT2D eigenvalue weighted by Gasteiger charge is 2.36. The molecule has 3 N–H and O–H groups in total. The molecule has 50 heavy (non-hydrogen) atoms. The Hall–Kier alpha value is -4.57. The minimum Gasteiger partial charge on any atom is -0.472 e. The van der Waals surface area contributed by atoms with Gasteiger partial charge in [-0.25, -0.2) is 14.6 Å². The lowest BCUT2D eigenvalue weighted by Gasteiger charge is -2.41. The van der Waals surface area contributed by atoms with E-state index in [1.165, 1.54) is 6.07 Å². The number of rotatable bonds is 9. The van der Waals surface area contributed by atoms with E-state index < -0.39 is 34.5 Å². The van der Waals surface area contributed by atoms with Gasteiger partial charge in [-0.1, -0.05) is 36.4 Å². The number of aryl methyl sites for hydroxylation is 3. The molecule has 0 radical (unpaired) electrons. The van der Waals surface area contributed by atoms with E-state index in [2.05, 4.69) is 25.6 Å². The fraction of sp³-hybridized carbons (Fsp3) is 0.343. The Labute approximate surface area is 289 Å². The molecular weight excluding hydrogens is 671 g/mol. The van der Waals surface area contributed by atoms with Gasteiger partial charge in [0.1, 0.15) is 22.2 Å². The van der Waals surface area contributed by atoms with Gasteiger partial charge >= 0.3 is 6.18 Å². The Balaban J connectivity index is 1.37. The van der Waals surface area contributed by atoms with Crippen molar-refractivity contribution in [1.82, 2.24) is 29.3 Å². The van der Waals surface area contributed by atoms with Crippen LogP contribution in [0.2, 0.25) is 0 Å². The topological polar surface area (TPSA) is 139 Å². The predicted molar refractivity (Wildman–Crippen MR) is 184 cm³/mol. The van der Waals surface area contributed by atoms with Crippen molar-refractivity contribution in [2.45, 2.75) is 76.7 Å². The quantitative estimate of drug-likeness (QED) is 0.140. The normalized spacial score (nSPS) is 17.4. The van der Waals surface area contributed by atoms with Crippen molar-refractivity contribution in [3.05, 3.63) is 101 Å². The molecule has 264 valence electrons. The van der Waals surface area contributed by atoms with Gasteiger partial charge in [-0.2, -0.15) is 17.5 Å². The molecule has 0 bridgehead atoms. The van der Waals surface area contributed by atoms with Crippen LogP contribution in [0.1, 0.15) is 66.1 Å². The molecule has 1 aliphatic heterocycles. The van der Waals surface area contributed by atoms with Crippen LogP contribution in [0.5, 0.6) is 5.88 Å². The molecule has 0 saturated heterocycles. The van der Waals surface area contributed by atoms with Gasteiger partial charge in [-0.3, -0.25) is 13.9 Å². The number of amides is 1. The van der Waals surface area contributed by atoms with Gasteiger partial charge in [0.05, 0.1) is 23.9 Å². The van der Waals surface area contributed by atoms with Gasteiger partial charge in [0.25, 0.3) is 0 Å². The Kier molecular flexibility index (Phi) is 9.86. The first kappa shape index (κ1) is 35.3. The number of nitrogens with one attached hydrogen (secondary N) is 1. The van der Waals surface area contributed by atoms with Crippen molar-refractivity contribution in [1.29, 1.82) is 0 Å². The Bertz CT molecular complexity index is 2020. The summed E-state index contributed by atoms with van der Waals surface area (Å²) in [4.78, 5) is 21.5. The van der Waals surface area contributed by atoms with Crippen molar-refractivity contribution < 1.29 is 31.8 Å². The maximum atomic E-state index is 13.6. The Morgan fingerprint density at radius 2 is 1.90 bits per heavy atom. The molecule has 5 aromatic rings. The van der Waals surface area contributed by atoms with Crippen LogP contribution in [0, 0.1) is 13.8 Å². The van der Waals surface area contributed by atoms with Crippen LogP contribution in [0.3, 0.4) is 0 Å². The first-order valence-electron chi connectivity index (χ1n) is 16.2. The van der Waals surface area contributed by atoms with Crippen molar-refractivity contribution >= 4 is 33.4 Å². The number of halogens is 3. The second-order valence-electron chi connectivity index (χ2n) is 12.3. The third kappa shape index (κ3) is 7.03. The number of alkyl halides is 3. The second kappa shape index (κ2) is 14.0. The lowest BCUT2D eigenvalue weighted by Crippen LogP contribution is -2.34. The second-order valence-corrected chi connectivity index (χ2v) is 14.3. The van der Waals surface area contributed by atoms with E-state index in [-0.39, 0.29) is 42.1 Å². The van der Waals surface area contributed by atoms with Crippen LogP contribution in [0.15, 0.2) is 71.9 Å². The zero-order valence-electron chi connectivity index (χ0n) is 28.0. The average molecular weight is 710 g/mol. The third-order valence-corrected chi connectivity index (χ3v) is 10.9. The van der Waals surface area contributed by atoms with Crippen molar-refractivity contribution in [2.75, 3.05) is 11.9 Å². The van der Waals surface area contributed by atoms with E-state index in [0.29, 0.717) is 18.5 Å². The molecule has 0 spiro atoms. The number of fused-ring (bicyclic) bond motifs is 2. The molecule has 0 aliphatic carbocycles. The molecule has 2 unspecified atom stereocenters. The molecule has 1 amide bonds. The van der Waals surface area contributed by atoms with E-state index in [1.807, 2.05) is 58.0 Å². The molecule has 0 saturated carbocycles. The zero-order valence-corrected chi connectivity index (χ0v) is 28.8. The van der Waals surface area contributed by atoms with Gasteiger partial charge in [0.15, 0.2) is 0 Å². The first-order chi connectivity index (χ1) is 23.8. The number of anilines is 1. The van der Waals surface area contributed by atoms with Crippen LogP contribution < -0.4 is 10.1 Å². The molecule has 1 aliphatic rings. The fourth-order valence-electron chi connectivity index (χ4n) is 6.21. The van der Waals surface area contributed by atoms with Gasteiger partial charge < -0.3 is 10.1 Å². The summed E-state index contributed by atoms with van der Waals surface area (Å²) in [5, 5.41) is 11.4. The number of carbonyl (C=O) groups excluding carboxylic acids is 1. The largest absolute Gasteiger partial charge is 0.472 e.